The van der Waals surface area contributed by atoms with Gasteiger partial charge in [-0.1, -0.05) is 18.7 Å². The van der Waals surface area contributed by atoms with Gasteiger partial charge in [-0.15, -0.1) is 0 Å². The molecule has 1 saturated heterocycles. The summed E-state index contributed by atoms with van der Waals surface area (Å²) in [6, 6.07) is 5.99. The number of likely N-dealkylation sites (tertiary alicyclic amines) is 1. The number of ether oxygens (including phenoxy) is 1. The number of hydrogen-bond acceptors (Lipinski definition) is 7. The normalized spacial score (nSPS) is 16.0. The topological polar surface area (TPSA) is 108 Å². The van der Waals surface area contributed by atoms with E-state index in [4.69, 9.17) is 4.74 Å². The third-order valence-electron chi connectivity index (χ3n) is 4.90. The van der Waals surface area contributed by atoms with Crippen LogP contribution in [0.4, 0.5) is 41.1 Å². The van der Waals surface area contributed by atoms with E-state index in [-0.39, 0.29) is 23.4 Å². The Morgan fingerprint density at radius 2 is 2.00 bits per heavy atom. The smallest absolute Gasteiger partial charge is 0.421 e. The molecule has 0 unspecified atom stereocenters. The predicted molar refractivity (Wildman–Crippen MR) is 116 cm³/mol. The largest absolute Gasteiger partial charge is 0.453 e. The third-order valence-corrected chi connectivity index (χ3v) is 4.90. The van der Waals surface area contributed by atoms with Crippen molar-refractivity contribution >= 4 is 35.1 Å². The van der Waals surface area contributed by atoms with Crippen LogP contribution in [0.1, 0.15) is 18.4 Å². The maximum absolute atomic E-state index is 13.6. The molecule has 3 N–H and O–H groups in total. The van der Waals surface area contributed by atoms with Crippen molar-refractivity contribution in [1.82, 2.24) is 14.9 Å². The Morgan fingerprint density at radius 1 is 1.27 bits per heavy atom. The van der Waals surface area contributed by atoms with E-state index in [1.54, 1.807) is 12.1 Å². The standard InChI is InChI=1S/C21H23F3N6O3/c1-3-17(31)27-15-8-4-5-9-16(15)28-18-14(21(22,23)24)11-25-19(29-18)26-13-7-6-10-30(12-13)20(32)33-2/h3-5,8-9,11,13H,1,6-7,10,12H2,2H3,(H,27,31)(H2,25,26,28,29)/t13-/m1/s1. The molecule has 176 valence electrons. The average Bonchev–Trinajstić information content (AvgIpc) is 2.79. The molecule has 3 rings (SSSR count). The SMILES string of the molecule is C=CC(=O)Nc1ccccc1Nc1nc(N[C@@H]2CCCN(C(=O)OC)C2)ncc1C(F)(F)F. The molecule has 0 aliphatic carbocycles. The van der Waals surface area contributed by atoms with Crippen LogP contribution >= 0.6 is 0 Å². The minimum Gasteiger partial charge on any atom is -0.453 e. The highest BCUT2D eigenvalue weighted by atomic mass is 19.4. The Balaban J connectivity index is 1.87. The number of rotatable bonds is 6. The number of halogens is 3. The maximum atomic E-state index is 13.6. The Kier molecular flexibility index (Phi) is 7.36. The van der Waals surface area contributed by atoms with E-state index in [1.165, 1.54) is 24.1 Å². The Bertz CT molecular complexity index is 1030. The van der Waals surface area contributed by atoms with Crippen LogP contribution in [0.15, 0.2) is 43.1 Å². The molecule has 0 saturated carbocycles. The van der Waals surface area contributed by atoms with Crippen LogP contribution in [-0.2, 0) is 15.7 Å². The van der Waals surface area contributed by atoms with Crippen molar-refractivity contribution in [2.45, 2.75) is 25.1 Å². The van der Waals surface area contributed by atoms with Gasteiger partial charge in [-0.3, -0.25) is 4.79 Å². The molecule has 12 heteroatoms. The number of aromatic nitrogens is 2. The summed E-state index contributed by atoms with van der Waals surface area (Å²) in [6.45, 7) is 4.19. The quantitative estimate of drug-likeness (QED) is 0.555. The molecule has 9 nitrogen and oxygen atoms in total. The van der Waals surface area contributed by atoms with Gasteiger partial charge in [0, 0.05) is 25.3 Å². The number of amides is 2. The van der Waals surface area contributed by atoms with E-state index in [2.05, 4.69) is 32.5 Å². The number of piperidine rings is 1. The number of carbonyl (C=O) groups is 2. The van der Waals surface area contributed by atoms with E-state index in [0.717, 1.165) is 6.08 Å². The Morgan fingerprint density at radius 3 is 2.67 bits per heavy atom. The zero-order valence-corrected chi connectivity index (χ0v) is 17.8. The molecule has 2 aromatic rings. The first-order valence-electron chi connectivity index (χ1n) is 10.0. The summed E-state index contributed by atoms with van der Waals surface area (Å²) in [5.41, 5.74) is -0.611. The second-order valence-electron chi connectivity index (χ2n) is 7.22. The Hall–Kier alpha value is -3.83. The van der Waals surface area contributed by atoms with Gasteiger partial charge < -0.3 is 25.6 Å². The van der Waals surface area contributed by atoms with Gasteiger partial charge in [-0.25, -0.2) is 9.78 Å². The van der Waals surface area contributed by atoms with Crippen molar-refractivity contribution in [2.75, 3.05) is 36.1 Å². The van der Waals surface area contributed by atoms with E-state index < -0.39 is 29.6 Å². The molecule has 1 aliphatic rings. The first-order chi connectivity index (χ1) is 15.7. The summed E-state index contributed by atoms with van der Waals surface area (Å²) < 4.78 is 45.5. The molecular weight excluding hydrogens is 441 g/mol. The molecule has 1 atom stereocenters. The third kappa shape index (κ3) is 6.11. The maximum Gasteiger partial charge on any atom is 0.421 e. The average molecular weight is 464 g/mol. The van der Waals surface area contributed by atoms with Gasteiger partial charge in [0.05, 0.1) is 18.5 Å². The lowest BCUT2D eigenvalue weighted by Crippen LogP contribution is -2.45. The van der Waals surface area contributed by atoms with Crippen molar-refractivity contribution < 1.29 is 27.5 Å². The molecular formula is C21H23F3N6O3. The van der Waals surface area contributed by atoms with Crippen molar-refractivity contribution in [1.29, 1.82) is 0 Å². The predicted octanol–water partition coefficient (Wildman–Crippen LogP) is 4.01. The van der Waals surface area contributed by atoms with Crippen LogP contribution in [0.3, 0.4) is 0 Å². The second kappa shape index (κ2) is 10.2. The molecule has 1 aromatic heterocycles. The number of nitrogens with zero attached hydrogens (tertiary/aromatic N) is 3. The molecule has 0 bridgehead atoms. The number of methoxy groups -OCH3 is 1. The minimum atomic E-state index is -4.72. The highest BCUT2D eigenvalue weighted by Gasteiger charge is 2.36. The van der Waals surface area contributed by atoms with Crippen LogP contribution in [-0.4, -0.2) is 53.1 Å². The van der Waals surface area contributed by atoms with Crippen LogP contribution in [0, 0.1) is 0 Å². The Labute approximate surface area is 188 Å². The number of nitrogens with one attached hydrogen (secondary N) is 3. The zero-order valence-electron chi connectivity index (χ0n) is 17.8. The highest BCUT2D eigenvalue weighted by Crippen LogP contribution is 2.36. The lowest BCUT2D eigenvalue weighted by atomic mass is 10.1. The summed E-state index contributed by atoms with van der Waals surface area (Å²) in [5, 5.41) is 8.17. The lowest BCUT2D eigenvalue weighted by molar-refractivity contribution is -0.137. The summed E-state index contributed by atoms with van der Waals surface area (Å²) in [5.74, 6) is -1.03. The number of anilines is 4. The summed E-state index contributed by atoms with van der Waals surface area (Å²) in [4.78, 5) is 32.8. The van der Waals surface area contributed by atoms with Gasteiger partial charge in [0.15, 0.2) is 0 Å². The van der Waals surface area contributed by atoms with Crippen LogP contribution in [0.25, 0.3) is 0 Å². The summed E-state index contributed by atoms with van der Waals surface area (Å²) >= 11 is 0. The van der Waals surface area contributed by atoms with Crippen LogP contribution < -0.4 is 16.0 Å². The molecule has 33 heavy (non-hydrogen) atoms. The molecule has 0 spiro atoms. The fourth-order valence-electron chi connectivity index (χ4n) is 3.34. The molecule has 2 heterocycles. The number of benzene rings is 1. The number of hydrogen-bond donors (Lipinski definition) is 3. The van der Waals surface area contributed by atoms with E-state index >= 15 is 0 Å². The molecule has 1 aliphatic heterocycles. The minimum absolute atomic E-state index is 0.0326. The number of para-hydroxylation sites is 2. The lowest BCUT2D eigenvalue weighted by Gasteiger charge is -2.32. The van der Waals surface area contributed by atoms with E-state index in [0.29, 0.717) is 32.1 Å². The molecule has 1 aromatic carbocycles. The van der Waals surface area contributed by atoms with Crippen molar-refractivity contribution in [3.8, 4) is 0 Å². The fraction of sp³-hybridized carbons (Fsp3) is 0.333. The number of carbonyl (C=O) groups excluding carboxylic acids is 2. The van der Waals surface area contributed by atoms with Crippen molar-refractivity contribution in [3.63, 3.8) is 0 Å². The van der Waals surface area contributed by atoms with Crippen molar-refractivity contribution in [3.05, 3.63) is 48.7 Å². The fourth-order valence-corrected chi connectivity index (χ4v) is 3.34. The van der Waals surface area contributed by atoms with Crippen LogP contribution in [0.2, 0.25) is 0 Å². The highest BCUT2D eigenvalue weighted by molar-refractivity contribution is 6.01. The van der Waals surface area contributed by atoms with Gasteiger partial charge in [0.25, 0.3) is 0 Å². The monoisotopic (exact) mass is 464 g/mol. The van der Waals surface area contributed by atoms with E-state index in [9.17, 15) is 22.8 Å². The number of alkyl halides is 3. The molecule has 0 radical (unpaired) electrons. The molecule has 1 fully saturated rings. The van der Waals surface area contributed by atoms with Crippen molar-refractivity contribution in [2.24, 2.45) is 0 Å². The summed E-state index contributed by atoms with van der Waals surface area (Å²) in [6.07, 6.45) is -2.09. The zero-order chi connectivity index (χ0) is 24.0. The van der Waals surface area contributed by atoms with Gasteiger partial charge in [-0.2, -0.15) is 18.2 Å². The molecule has 2 amide bonds. The second-order valence-corrected chi connectivity index (χ2v) is 7.22. The van der Waals surface area contributed by atoms with Gasteiger partial charge in [0.2, 0.25) is 11.9 Å². The van der Waals surface area contributed by atoms with Gasteiger partial charge >= 0.3 is 12.3 Å². The van der Waals surface area contributed by atoms with E-state index in [1.807, 2.05) is 0 Å². The van der Waals surface area contributed by atoms with Gasteiger partial charge in [-0.05, 0) is 31.1 Å². The first kappa shape index (κ1) is 23.8. The first-order valence-corrected chi connectivity index (χ1v) is 10.0. The van der Waals surface area contributed by atoms with Gasteiger partial charge in [0.1, 0.15) is 11.4 Å². The van der Waals surface area contributed by atoms with Crippen LogP contribution in [0.5, 0.6) is 0 Å². The summed E-state index contributed by atoms with van der Waals surface area (Å²) in [7, 11) is 1.28.